The monoisotopic (exact) mass is 562 g/mol. The van der Waals surface area contributed by atoms with Gasteiger partial charge >= 0.3 is 103 Å². The van der Waals surface area contributed by atoms with E-state index in [4.69, 9.17) is 0 Å². The Hall–Kier alpha value is 1.03. The Morgan fingerprint density at radius 3 is 1.39 bits per heavy atom. The Bertz CT molecular complexity index is 1320. The number of rotatable bonds is 7. The minimum atomic E-state index is -5.20. The number of benzene rings is 2. The summed E-state index contributed by atoms with van der Waals surface area (Å²) in [5.41, 5.74) is -0.597. The summed E-state index contributed by atoms with van der Waals surface area (Å²) in [6.45, 7) is 0. The molecular formula is C13H12K2N2O10S4. The third kappa shape index (κ3) is 10.0. The predicted octanol–water partition coefficient (Wildman–Crippen LogP) is -6.32. The summed E-state index contributed by atoms with van der Waals surface area (Å²) in [5.74, 6) is 0. The Morgan fingerprint density at radius 1 is 0.613 bits per heavy atom. The number of sulfonamides is 2. The molecule has 0 atom stereocenters. The molecule has 2 aromatic carbocycles. The van der Waals surface area contributed by atoms with E-state index in [1.807, 2.05) is 4.72 Å². The van der Waals surface area contributed by atoms with Crippen molar-refractivity contribution >= 4 is 51.7 Å². The molecule has 18 heteroatoms. The molecular weight excluding hydrogens is 551 g/mol. The Morgan fingerprint density at radius 2 is 1.03 bits per heavy atom. The van der Waals surface area contributed by atoms with Crippen molar-refractivity contribution in [2.45, 2.75) is 14.7 Å². The molecule has 0 fully saturated rings. The van der Waals surface area contributed by atoms with Crippen LogP contribution in [0.5, 0.6) is 0 Å². The van der Waals surface area contributed by atoms with E-state index >= 15 is 0 Å². The molecule has 160 valence electrons. The molecule has 0 aliphatic carbocycles. The summed E-state index contributed by atoms with van der Waals surface area (Å²) in [5, 5.41) is 0. The van der Waals surface area contributed by atoms with Crippen LogP contribution in [0.15, 0.2) is 57.2 Å². The first-order valence-electron chi connectivity index (χ1n) is 7.15. The Kier molecular flexibility index (Phi) is 12.0. The summed E-state index contributed by atoms with van der Waals surface area (Å²) in [6, 6.07) is 5.68. The van der Waals surface area contributed by atoms with E-state index in [1.54, 1.807) is 0 Å². The fourth-order valence-corrected chi connectivity index (χ4v) is 4.81. The summed E-state index contributed by atoms with van der Waals surface area (Å²) < 4.78 is 118. The molecule has 2 rings (SSSR count). The average molecular weight is 563 g/mol. The van der Waals surface area contributed by atoms with Gasteiger partial charge in [0, 0.05) is 5.69 Å². The van der Waals surface area contributed by atoms with Gasteiger partial charge in [-0.25, -0.2) is 33.7 Å². The van der Waals surface area contributed by atoms with Crippen molar-refractivity contribution in [3.63, 3.8) is 0 Å². The molecule has 31 heavy (non-hydrogen) atoms. The van der Waals surface area contributed by atoms with Crippen molar-refractivity contribution in [2.24, 2.45) is 0 Å². The van der Waals surface area contributed by atoms with Crippen LogP contribution in [0.1, 0.15) is 0 Å². The number of nitrogens with one attached hydrogen (secondary N) is 2. The van der Waals surface area contributed by atoms with E-state index in [2.05, 4.69) is 4.72 Å². The molecule has 0 aromatic heterocycles. The third-order valence-corrected chi connectivity index (χ3v) is 6.81. The summed E-state index contributed by atoms with van der Waals surface area (Å²) in [4.78, 5) is -2.65. The number of hydrogen-bond acceptors (Lipinski definition) is 10. The maximum absolute atomic E-state index is 12.4. The second-order valence-electron chi connectivity index (χ2n) is 5.61. The SMILES string of the molecule is CS(=O)(=O)Nc1ccc(S(=O)(=O)Nc2cc(S(=O)(=O)[O-])cc(S(=O)(=O)[O-])c2)cc1.[K+].[K+]. The van der Waals surface area contributed by atoms with Gasteiger partial charge < -0.3 is 9.11 Å². The van der Waals surface area contributed by atoms with Crippen LogP contribution in [-0.4, -0.2) is 49.0 Å². The molecule has 0 saturated heterocycles. The van der Waals surface area contributed by atoms with Crippen LogP contribution in [0.3, 0.4) is 0 Å². The van der Waals surface area contributed by atoms with E-state index in [-0.39, 0.29) is 108 Å². The molecule has 0 spiro atoms. The molecule has 0 heterocycles. The second-order valence-corrected chi connectivity index (χ2v) is 11.8. The Labute approximate surface area is 265 Å². The Balaban J connectivity index is 0.00000450. The largest absolute Gasteiger partial charge is 1.00 e. The minimum absolute atomic E-state index is 0. The van der Waals surface area contributed by atoms with Crippen LogP contribution in [0.2, 0.25) is 0 Å². The van der Waals surface area contributed by atoms with Gasteiger partial charge in [-0.05, 0) is 42.5 Å². The van der Waals surface area contributed by atoms with E-state index in [9.17, 15) is 42.8 Å². The van der Waals surface area contributed by atoms with Gasteiger partial charge in [-0.3, -0.25) is 9.44 Å². The van der Waals surface area contributed by atoms with Crippen LogP contribution in [0, 0.1) is 0 Å². The smallest absolute Gasteiger partial charge is 0.744 e. The molecule has 0 unspecified atom stereocenters. The average Bonchev–Trinajstić information content (AvgIpc) is 2.51. The van der Waals surface area contributed by atoms with Crippen molar-refractivity contribution in [1.82, 2.24) is 0 Å². The van der Waals surface area contributed by atoms with Crippen LogP contribution < -0.4 is 112 Å². The molecule has 0 aliphatic rings. The summed E-state index contributed by atoms with van der Waals surface area (Å²) >= 11 is 0. The van der Waals surface area contributed by atoms with Crippen molar-refractivity contribution in [3.05, 3.63) is 42.5 Å². The molecule has 2 aromatic rings. The van der Waals surface area contributed by atoms with Gasteiger partial charge in [0.25, 0.3) is 10.0 Å². The predicted molar refractivity (Wildman–Crippen MR) is 98.1 cm³/mol. The normalized spacial score (nSPS) is 12.2. The van der Waals surface area contributed by atoms with Crippen molar-refractivity contribution in [3.8, 4) is 0 Å². The van der Waals surface area contributed by atoms with Crippen molar-refractivity contribution in [2.75, 3.05) is 15.7 Å². The molecule has 0 saturated carbocycles. The molecule has 0 bridgehead atoms. The van der Waals surface area contributed by atoms with Crippen LogP contribution >= 0.6 is 0 Å². The maximum atomic E-state index is 12.4. The summed E-state index contributed by atoms with van der Waals surface area (Å²) in [7, 11) is -18.4. The minimum Gasteiger partial charge on any atom is -0.744 e. The van der Waals surface area contributed by atoms with Gasteiger partial charge in [0.1, 0.15) is 20.2 Å². The van der Waals surface area contributed by atoms with Crippen molar-refractivity contribution < 1.29 is 146 Å². The summed E-state index contributed by atoms with van der Waals surface area (Å²) in [6.07, 6.45) is 0.887. The van der Waals surface area contributed by atoms with Crippen molar-refractivity contribution in [1.29, 1.82) is 0 Å². The third-order valence-electron chi connectivity index (χ3n) is 3.18. The van der Waals surface area contributed by atoms with Crippen LogP contribution in [0.4, 0.5) is 11.4 Å². The van der Waals surface area contributed by atoms with Crippen LogP contribution in [0.25, 0.3) is 0 Å². The van der Waals surface area contributed by atoms with E-state index in [0.29, 0.717) is 18.2 Å². The maximum Gasteiger partial charge on any atom is 1.00 e. The van der Waals surface area contributed by atoms with Gasteiger partial charge in [0.15, 0.2) is 0 Å². The molecule has 0 amide bonds. The van der Waals surface area contributed by atoms with Crippen LogP contribution in [-0.2, 0) is 40.3 Å². The van der Waals surface area contributed by atoms with Gasteiger partial charge in [-0.2, -0.15) is 0 Å². The zero-order valence-corrected chi connectivity index (χ0v) is 25.8. The topological polar surface area (TPSA) is 207 Å². The van der Waals surface area contributed by atoms with E-state index in [0.717, 1.165) is 30.5 Å². The van der Waals surface area contributed by atoms with Gasteiger partial charge in [0.05, 0.1) is 26.6 Å². The molecule has 12 nitrogen and oxygen atoms in total. The number of hydrogen-bond donors (Lipinski definition) is 2. The number of anilines is 2. The zero-order valence-electron chi connectivity index (χ0n) is 16.3. The fraction of sp³-hybridized carbons (Fsp3) is 0.0769. The first kappa shape index (κ1) is 32.0. The molecule has 0 aliphatic heterocycles. The zero-order chi connectivity index (χ0) is 22.3. The molecule has 2 N–H and O–H groups in total. The second kappa shape index (κ2) is 11.6. The van der Waals surface area contributed by atoms with Gasteiger partial charge in [-0.15, -0.1) is 0 Å². The quantitative estimate of drug-likeness (QED) is 0.241. The molecule has 0 radical (unpaired) electrons. The fourth-order valence-electron chi connectivity index (χ4n) is 2.05. The van der Waals surface area contributed by atoms with Gasteiger partial charge in [0.2, 0.25) is 10.0 Å². The first-order valence-corrected chi connectivity index (χ1v) is 13.3. The van der Waals surface area contributed by atoms with E-state index in [1.165, 1.54) is 0 Å². The van der Waals surface area contributed by atoms with E-state index < -0.39 is 60.7 Å². The van der Waals surface area contributed by atoms with Gasteiger partial charge in [-0.1, -0.05) is 0 Å². The first-order chi connectivity index (χ1) is 13.0. The standard InChI is InChI=1S/C13H14N2O10S4.2K/c1-26(16,17)14-9-2-4-11(5-3-9)27(18,19)15-10-6-12(28(20,21)22)8-13(7-10)29(23,24)25;;/h2-8,14-15H,1H3,(H,20,21,22)(H,23,24,25);;/q;2*+1/p-2.